The van der Waals surface area contributed by atoms with Gasteiger partial charge in [-0.3, -0.25) is 10.1 Å². The highest BCUT2D eigenvalue weighted by Gasteiger charge is 2.18. The van der Waals surface area contributed by atoms with E-state index in [0.29, 0.717) is 11.4 Å². The maximum atomic E-state index is 10.9. The van der Waals surface area contributed by atoms with Gasteiger partial charge in [0.05, 0.1) is 17.7 Å². The number of methoxy groups -OCH3 is 1. The fourth-order valence-electron chi connectivity index (χ4n) is 1.52. The van der Waals surface area contributed by atoms with Crippen molar-refractivity contribution in [2.75, 3.05) is 18.2 Å². The van der Waals surface area contributed by atoms with Gasteiger partial charge in [-0.15, -0.1) is 0 Å². The Labute approximate surface area is 122 Å². The second-order valence-corrected chi connectivity index (χ2v) is 4.60. The van der Waals surface area contributed by atoms with E-state index in [0.717, 1.165) is 10.7 Å². The average Bonchev–Trinajstić information content (AvgIpc) is 2.38. The van der Waals surface area contributed by atoms with Crippen molar-refractivity contribution >= 4 is 39.1 Å². The minimum absolute atomic E-state index is 0.00102. The van der Waals surface area contributed by atoms with Gasteiger partial charge in [-0.2, -0.15) is 4.98 Å². The summed E-state index contributed by atoms with van der Waals surface area (Å²) in [5.41, 5.74) is 5.70. The van der Waals surface area contributed by atoms with Crippen LogP contribution in [0.4, 0.5) is 23.1 Å². The summed E-state index contributed by atoms with van der Waals surface area (Å²) >= 11 is 3.31. The number of nitrogens with zero attached hydrogens (tertiary/aromatic N) is 3. The van der Waals surface area contributed by atoms with Gasteiger partial charge in [0.25, 0.3) is 0 Å². The quantitative estimate of drug-likeness (QED) is 0.649. The highest BCUT2D eigenvalue weighted by molar-refractivity contribution is 9.10. The zero-order chi connectivity index (χ0) is 14.7. The van der Waals surface area contributed by atoms with E-state index in [-0.39, 0.29) is 17.5 Å². The molecule has 0 aliphatic heterocycles. The predicted octanol–water partition coefficient (Wildman–Crippen LogP) is 2.48. The van der Waals surface area contributed by atoms with Crippen LogP contribution in [-0.4, -0.2) is 22.0 Å². The SMILES string of the molecule is COc1ccc(Br)cc1Nc1nc(N)ncc1[N+](=O)[O-]. The zero-order valence-corrected chi connectivity index (χ0v) is 11.9. The van der Waals surface area contributed by atoms with E-state index in [1.807, 2.05) is 0 Å². The zero-order valence-electron chi connectivity index (χ0n) is 10.3. The third-order valence-corrected chi connectivity index (χ3v) is 2.89. The third-order valence-electron chi connectivity index (χ3n) is 2.40. The van der Waals surface area contributed by atoms with Crippen molar-refractivity contribution in [2.45, 2.75) is 0 Å². The molecule has 104 valence electrons. The van der Waals surface area contributed by atoms with Crippen molar-refractivity contribution in [3.8, 4) is 5.75 Å². The molecular weight excluding hydrogens is 330 g/mol. The summed E-state index contributed by atoms with van der Waals surface area (Å²) in [6.07, 6.45) is 1.05. The molecule has 20 heavy (non-hydrogen) atoms. The summed E-state index contributed by atoms with van der Waals surface area (Å²) in [4.78, 5) is 17.8. The maximum absolute atomic E-state index is 10.9. The number of aromatic nitrogens is 2. The number of hydrogen-bond donors (Lipinski definition) is 2. The van der Waals surface area contributed by atoms with Gasteiger partial charge < -0.3 is 15.8 Å². The smallest absolute Gasteiger partial charge is 0.329 e. The number of nitrogen functional groups attached to an aromatic ring is 1. The van der Waals surface area contributed by atoms with Crippen LogP contribution in [0.1, 0.15) is 0 Å². The standard InChI is InChI=1S/C11H10BrN5O3/c1-20-9-3-2-6(12)4-7(9)15-10-8(17(18)19)5-14-11(13)16-10/h2-5H,1H3,(H3,13,14,15,16). The number of anilines is 3. The van der Waals surface area contributed by atoms with Gasteiger partial charge in [0, 0.05) is 4.47 Å². The predicted molar refractivity (Wildman–Crippen MR) is 77.1 cm³/mol. The molecule has 1 aromatic carbocycles. The fourth-order valence-corrected chi connectivity index (χ4v) is 1.88. The number of ether oxygens (including phenoxy) is 1. The maximum Gasteiger partial charge on any atom is 0.329 e. The number of nitrogens with one attached hydrogen (secondary N) is 1. The first-order valence-electron chi connectivity index (χ1n) is 5.38. The molecule has 0 saturated carbocycles. The van der Waals surface area contributed by atoms with E-state index in [1.54, 1.807) is 18.2 Å². The highest BCUT2D eigenvalue weighted by Crippen LogP contribution is 2.33. The van der Waals surface area contributed by atoms with Gasteiger partial charge in [-0.1, -0.05) is 15.9 Å². The Kier molecular flexibility index (Phi) is 3.99. The van der Waals surface area contributed by atoms with Crippen LogP contribution in [0, 0.1) is 10.1 Å². The summed E-state index contributed by atoms with van der Waals surface area (Å²) < 4.78 is 5.96. The second kappa shape index (κ2) is 5.70. The van der Waals surface area contributed by atoms with E-state index in [1.165, 1.54) is 7.11 Å². The van der Waals surface area contributed by atoms with Crippen LogP contribution < -0.4 is 15.8 Å². The first-order chi connectivity index (χ1) is 9.51. The van der Waals surface area contributed by atoms with Crippen LogP contribution in [0.15, 0.2) is 28.9 Å². The van der Waals surface area contributed by atoms with Crippen LogP contribution in [0.3, 0.4) is 0 Å². The van der Waals surface area contributed by atoms with Gasteiger partial charge in [0.1, 0.15) is 11.9 Å². The van der Waals surface area contributed by atoms with Crippen molar-refractivity contribution in [1.82, 2.24) is 9.97 Å². The van der Waals surface area contributed by atoms with Gasteiger partial charge in [0.15, 0.2) is 0 Å². The number of hydrogen-bond acceptors (Lipinski definition) is 7. The number of nitro groups is 1. The molecule has 0 unspecified atom stereocenters. The Morgan fingerprint density at radius 1 is 1.50 bits per heavy atom. The lowest BCUT2D eigenvalue weighted by atomic mass is 10.3. The Balaban J connectivity index is 2.46. The minimum Gasteiger partial charge on any atom is -0.495 e. The molecule has 0 radical (unpaired) electrons. The van der Waals surface area contributed by atoms with Crippen LogP contribution in [0.2, 0.25) is 0 Å². The summed E-state index contributed by atoms with van der Waals surface area (Å²) in [7, 11) is 1.50. The second-order valence-electron chi connectivity index (χ2n) is 3.69. The summed E-state index contributed by atoms with van der Waals surface area (Å²) in [5, 5.41) is 13.8. The first-order valence-corrected chi connectivity index (χ1v) is 6.18. The van der Waals surface area contributed by atoms with Crippen molar-refractivity contribution in [2.24, 2.45) is 0 Å². The molecule has 2 aromatic rings. The Morgan fingerprint density at radius 3 is 2.90 bits per heavy atom. The van der Waals surface area contributed by atoms with Crippen LogP contribution in [0.5, 0.6) is 5.75 Å². The molecule has 0 amide bonds. The number of nitrogens with two attached hydrogens (primary N) is 1. The molecule has 3 N–H and O–H groups in total. The third kappa shape index (κ3) is 2.94. The van der Waals surface area contributed by atoms with E-state index in [9.17, 15) is 10.1 Å². The van der Waals surface area contributed by atoms with E-state index >= 15 is 0 Å². The molecule has 9 heteroatoms. The monoisotopic (exact) mass is 339 g/mol. The Morgan fingerprint density at radius 2 is 2.25 bits per heavy atom. The summed E-state index contributed by atoms with van der Waals surface area (Å²) in [6, 6.07) is 5.20. The van der Waals surface area contributed by atoms with Crippen LogP contribution >= 0.6 is 15.9 Å². The molecule has 0 bridgehead atoms. The van der Waals surface area contributed by atoms with Gasteiger partial charge in [-0.05, 0) is 18.2 Å². The number of halogens is 1. The lowest BCUT2D eigenvalue weighted by Crippen LogP contribution is -2.04. The number of rotatable bonds is 4. The van der Waals surface area contributed by atoms with E-state index in [2.05, 4.69) is 31.2 Å². The highest BCUT2D eigenvalue weighted by atomic mass is 79.9. The molecule has 0 saturated heterocycles. The van der Waals surface area contributed by atoms with Crippen molar-refractivity contribution in [3.63, 3.8) is 0 Å². The van der Waals surface area contributed by atoms with Gasteiger partial charge >= 0.3 is 5.69 Å². The molecule has 0 aliphatic carbocycles. The van der Waals surface area contributed by atoms with Crippen molar-refractivity contribution in [1.29, 1.82) is 0 Å². The molecule has 0 spiro atoms. The van der Waals surface area contributed by atoms with Gasteiger partial charge in [-0.25, -0.2) is 4.98 Å². The van der Waals surface area contributed by atoms with Crippen LogP contribution in [0.25, 0.3) is 0 Å². The normalized spacial score (nSPS) is 10.1. The van der Waals surface area contributed by atoms with E-state index in [4.69, 9.17) is 10.5 Å². The molecule has 1 aromatic heterocycles. The van der Waals surface area contributed by atoms with Gasteiger partial charge in [0.2, 0.25) is 11.8 Å². The van der Waals surface area contributed by atoms with E-state index < -0.39 is 4.92 Å². The van der Waals surface area contributed by atoms with Crippen LogP contribution in [-0.2, 0) is 0 Å². The minimum atomic E-state index is -0.591. The first kappa shape index (κ1) is 14.0. The lowest BCUT2D eigenvalue weighted by Gasteiger charge is -2.11. The molecule has 0 aliphatic rings. The van der Waals surface area contributed by atoms with Crippen molar-refractivity contribution in [3.05, 3.63) is 39.0 Å². The summed E-state index contributed by atoms with van der Waals surface area (Å²) in [5.74, 6) is 0.450. The molecule has 0 atom stereocenters. The molecule has 0 fully saturated rings. The Hall–Kier alpha value is -2.42. The summed E-state index contributed by atoms with van der Waals surface area (Å²) in [6.45, 7) is 0. The number of benzene rings is 1. The fraction of sp³-hybridized carbons (Fsp3) is 0.0909. The van der Waals surface area contributed by atoms with Crippen molar-refractivity contribution < 1.29 is 9.66 Å². The Bertz CT molecular complexity index is 665. The molecular formula is C11H10BrN5O3. The topological polar surface area (TPSA) is 116 Å². The molecule has 1 heterocycles. The average molecular weight is 340 g/mol. The molecule has 8 nitrogen and oxygen atoms in total. The molecule has 2 rings (SSSR count). The largest absolute Gasteiger partial charge is 0.495 e. The lowest BCUT2D eigenvalue weighted by molar-refractivity contribution is -0.384.